The SMILES string of the molecule is CCN(CC)c1ccc(CNC(=NC)NCc2ncnn2C)cc1F.I. The average molecular weight is 475 g/mol. The van der Waals surface area contributed by atoms with Gasteiger partial charge in [-0.25, -0.2) is 9.37 Å². The highest BCUT2D eigenvalue weighted by Crippen LogP contribution is 2.20. The van der Waals surface area contributed by atoms with Gasteiger partial charge >= 0.3 is 0 Å². The second kappa shape index (κ2) is 10.9. The van der Waals surface area contributed by atoms with Crippen molar-refractivity contribution in [2.45, 2.75) is 26.9 Å². The Hall–Kier alpha value is -1.91. The molecule has 0 aliphatic heterocycles. The largest absolute Gasteiger partial charge is 0.370 e. The molecule has 2 N–H and O–H groups in total. The summed E-state index contributed by atoms with van der Waals surface area (Å²) in [5.74, 6) is 1.22. The molecule has 0 spiro atoms. The van der Waals surface area contributed by atoms with Crippen LogP contribution >= 0.6 is 24.0 Å². The third-order valence-corrected chi connectivity index (χ3v) is 4.02. The summed E-state index contributed by atoms with van der Waals surface area (Å²) in [4.78, 5) is 10.3. The molecule has 2 rings (SSSR count). The third-order valence-electron chi connectivity index (χ3n) is 4.02. The maximum absolute atomic E-state index is 14.3. The molecule has 0 aliphatic carbocycles. The number of halogens is 2. The van der Waals surface area contributed by atoms with Crippen LogP contribution in [-0.2, 0) is 20.1 Å². The summed E-state index contributed by atoms with van der Waals surface area (Å²) in [6.45, 7) is 6.59. The zero-order valence-electron chi connectivity index (χ0n) is 15.7. The van der Waals surface area contributed by atoms with Crippen molar-refractivity contribution in [2.75, 3.05) is 25.0 Å². The first-order valence-electron chi connectivity index (χ1n) is 8.39. The first-order chi connectivity index (χ1) is 12.1. The summed E-state index contributed by atoms with van der Waals surface area (Å²) in [5, 5.41) is 10.4. The van der Waals surface area contributed by atoms with Crippen molar-refractivity contribution in [1.29, 1.82) is 0 Å². The minimum atomic E-state index is -0.204. The van der Waals surface area contributed by atoms with Gasteiger partial charge in [0.2, 0.25) is 0 Å². The van der Waals surface area contributed by atoms with Gasteiger partial charge in [-0.1, -0.05) is 6.07 Å². The second-order valence-electron chi connectivity index (χ2n) is 5.54. The van der Waals surface area contributed by atoms with E-state index in [0.29, 0.717) is 24.7 Å². The summed E-state index contributed by atoms with van der Waals surface area (Å²) in [6.07, 6.45) is 1.51. The van der Waals surface area contributed by atoms with Crippen LogP contribution in [0.5, 0.6) is 0 Å². The molecule has 1 heterocycles. The molecule has 0 unspecified atom stereocenters. The standard InChI is InChI=1S/C17H26FN7.HI/c1-5-25(6-2)15-8-7-13(9-14(15)18)10-20-17(19-3)21-11-16-22-12-23-24(16)4;/h7-9,12H,5-6,10-11H2,1-4H3,(H2,19,20,21);1H. The van der Waals surface area contributed by atoms with Crippen LogP contribution in [0.1, 0.15) is 25.2 Å². The monoisotopic (exact) mass is 475 g/mol. The Labute approximate surface area is 171 Å². The Balaban J connectivity index is 0.00000338. The van der Waals surface area contributed by atoms with E-state index in [9.17, 15) is 4.39 Å². The predicted octanol–water partition coefficient (Wildman–Crippen LogP) is 2.28. The lowest BCUT2D eigenvalue weighted by atomic mass is 10.2. The molecule has 9 heteroatoms. The lowest BCUT2D eigenvalue weighted by Crippen LogP contribution is -2.37. The van der Waals surface area contributed by atoms with Crippen molar-refractivity contribution < 1.29 is 4.39 Å². The summed E-state index contributed by atoms with van der Waals surface area (Å²) in [6, 6.07) is 5.32. The van der Waals surface area contributed by atoms with Crippen molar-refractivity contribution in [1.82, 2.24) is 25.4 Å². The van der Waals surface area contributed by atoms with Crippen molar-refractivity contribution in [3.8, 4) is 0 Å². The number of benzene rings is 1. The highest BCUT2D eigenvalue weighted by Gasteiger charge is 2.09. The molecule has 0 radical (unpaired) electrons. The summed E-state index contributed by atoms with van der Waals surface area (Å²) in [5.41, 5.74) is 1.49. The van der Waals surface area contributed by atoms with E-state index in [1.54, 1.807) is 17.8 Å². The number of anilines is 1. The molecule has 7 nitrogen and oxygen atoms in total. The number of guanidine groups is 1. The molecule has 0 aliphatic rings. The maximum Gasteiger partial charge on any atom is 0.191 e. The van der Waals surface area contributed by atoms with Gasteiger partial charge in [-0.15, -0.1) is 24.0 Å². The second-order valence-corrected chi connectivity index (χ2v) is 5.54. The third kappa shape index (κ3) is 5.82. The van der Waals surface area contributed by atoms with E-state index in [-0.39, 0.29) is 29.8 Å². The van der Waals surface area contributed by atoms with Crippen LogP contribution in [0, 0.1) is 5.82 Å². The highest BCUT2D eigenvalue weighted by molar-refractivity contribution is 14.0. The topological polar surface area (TPSA) is 70.4 Å². The van der Waals surface area contributed by atoms with Crippen molar-refractivity contribution >= 4 is 35.6 Å². The van der Waals surface area contributed by atoms with Gasteiger partial charge in [0.1, 0.15) is 18.0 Å². The molecule has 0 saturated heterocycles. The number of aliphatic imine (C=N–C) groups is 1. The Morgan fingerprint density at radius 1 is 1.23 bits per heavy atom. The minimum Gasteiger partial charge on any atom is -0.370 e. The van der Waals surface area contributed by atoms with E-state index in [0.717, 1.165) is 24.5 Å². The van der Waals surface area contributed by atoms with Crippen molar-refractivity contribution in [3.63, 3.8) is 0 Å². The number of aromatic nitrogens is 3. The van der Waals surface area contributed by atoms with Crippen LogP contribution in [-0.4, -0.2) is 40.9 Å². The molecule has 1 aromatic heterocycles. The Kier molecular flexibility index (Phi) is 9.31. The van der Waals surface area contributed by atoms with Crippen LogP contribution < -0.4 is 15.5 Å². The van der Waals surface area contributed by atoms with Crippen molar-refractivity contribution in [2.24, 2.45) is 12.0 Å². The molecule has 0 amide bonds. The number of aryl methyl sites for hydroxylation is 1. The van der Waals surface area contributed by atoms with Gasteiger partial charge in [-0.05, 0) is 31.5 Å². The highest BCUT2D eigenvalue weighted by atomic mass is 127. The van der Waals surface area contributed by atoms with Crippen LogP contribution in [0.3, 0.4) is 0 Å². The van der Waals surface area contributed by atoms with Crippen LogP contribution in [0.25, 0.3) is 0 Å². The van der Waals surface area contributed by atoms with Crippen LogP contribution in [0.15, 0.2) is 29.5 Å². The lowest BCUT2D eigenvalue weighted by Gasteiger charge is -2.22. The Bertz CT molecular complexity index is 713. The van der Waals surface area contributed by atoms with Gasteiger partial charge in [-0.2, -0.15) is 5.10 Å². The Morgan fingerprint density at radius 2 is 1.92 bits per heavy atom. The molecular formula is C17H27FIN7. The Morgan fingerprint density at radius 3 is 2.46 bits per heavy atom. The van der Waals surface area contributed by atoms with Gasteiger partial charge in [0, 0.05) is 33.7 Å². The number of nitrogens with zero attached hydrogens (tertiary/aromatic N) is 5. The summed E-state index contributed by atoms with van der Waals surface area (Å²) in [7, 11) is 3.52. The van der Waals surface area contributed by atoms with Crippen molar-refractivity contribution in [3.05, 3.63) is 41.7 Å². The summed E-state index contributed by atoms with van der Waals surface area (Å²) < 4.78 is 16.0. The summed E-state index contributed by atoms with van der Waals surface area (Å²) >= 11 is 0. The van der Waals surface area contributed by atoms with Gasteiger partial charge in [0.05, 0.1) is 12.2 Å². The molecule has 26 heavy (non-hydrogen) atoms. The fourth-order valence-corrected chi connectivity index (χ4v) is 2.53. The zero-order chi connectivity index (χ0) is 18.2. The molecule has 0 fully saturated rings. The molecule has 0 saturated carbocycles. The average Bonchev–Trinajstić information content (AvgIpc) is 3.03. The zero-order valence-corrected chi connectivity index (χ0v) is 18.0. The molecular weight excluding hydrogens is 448 g/mol. The molecule has 2 aromatic rings. The predicted molar refractivity (Wildman–Crippen MR) is 113 cm³/mol. The maximum atomic E-state index is 14.3. The smallest absolute Gasteiger partial charge is 0.191 e. The fraction of sp³-hybridized carbons (Fsp3) is 0.471. The van der Waals surface area contributed by atoms with Gasteiger partial charge in [0.25, 0.3) is 0 Å². The first-order valence-corrected chi connectivity index (χ1v) is 8.39. The van der Waals surface area contributed by atoms with E-state index in [2.05, 4.69) is 25.7 Å². The van der Waals surface area contributed by atoms with Gasteiger partial charge in [-0.3, -0.25) is 9.67 Å². The lowest BCUT2D eigenvalue weighted by molar-refractivity contribution is 0.616. The van der Waals surface area contributed by atoms with E-state index in [1.165, 1.54) is 6.33 Å². The quantitative estimate of drug-likeness (QED) is 0.366. The number of hydrogen-bond donors (Lipinski definition) is 2. The van der Waals surface area contributed by atoms with E-state index in [4.69, 9.17) is 0 Å². The molecule has 1 aromatic carbocycles. The molecule has 0 bridgehead atoms. The van der Waals surface area contributed by atoms with E-state index >= 15 is 0 Å². The van der Waals surface area contributed by atoms with E-state index in [1.807, 2.05) is 37.9 Å². The first kappa shape index (κ1) is 22.1. The number of nitrogens with one attached hydrogen (secondary N) is 2. The number of rotatable bonds is 7. The normalized spacial score (nSPS) is 11.0. The van der Waals surface area contributed by atoms with Gasteiger partial charge < -0.3 is 15.5 Å². The fourth-order valence-electron chi connectivity index (χ4n) is 2.53. The van der Waals surface area contributed by atoms with Crippen LogP contribution in [0.2, 0.25) is 0 Å². The minimum absolute atomic E-state index is 0. The molecule has 144 valence electrons. The van der Waals surface area contributed by atoms with Gasteiger partial charge in [0.15, 0.2) is 5.96 Å². The molecule has 0 atom stereocenters. The van der Waals surface area contributed by atoms with Crippen LogP contribution in [0.4, 0.5) is 10.1 Å². The number of hydrogen-bond acceptors (Lipinski definition) is 4. The van der Waals surface area contributed by atoms with E-state index < -0.39 is 0 Å².